The maximum atomic E-state index is 6.77. The smallest absolute Gasteiger partial charge is 0.143 e. The zero-order valence-corrected chi connectivity index (χ0v) is 35.4. The summed E-state index contributed by atoms with van der Waals surface area (Å²) in [4.78, 5) is 2.38. The highest BCUT2D eigenvalue weighted by atomic mass is 16.3. The normalized spacial score (nSPS) is 11.7. The van der Waals surface area contributed by atoms with Gasteiger partial charge in [0.05, 0.1) is 11.0 Å². The minimum absolute atomic E-state index is 0.869. The molecule has 0 aliphatic heterocycles. The van der Waals surface area contributed by atoms with Gasteiger partial charge >= 0.3 is 0 Å². The molecule has 0 N–H and O–H groups in total. The second-order valence-corrected chi connectivity index (χ2v) is 16.9. The summed E-state index contributed by atoms with van der Waals surface area (Å²) in [7, 11) is 0. The molecule has 2 heterocycles. The molecule has 0 saturated carbocycles. The number of rotatable bonds is 7. The molecule has 13 aromatic rings. The number of fused-ring (bicyclic) bond motifs is 9. The van der Waals surface area contributed by atoms with Crippen LogP contribution in [0, 0.1) is 0 Å². The van der Waals surface area contributed by atoms with E-state index in [0.29, 0.717) is 0 Å². The van der Waals surface area contributed by atoms with Crippen molar-refractivity contribution in [3.05, 3.63) is 243 Å². The summed E-state index contributed by atoms with van der Waals surface area (Å²) < 4.78 is 9.14. The molecule has 65 heavy (non-hydrogen) atoms. The molecule has 0 atom stereocenters. The Hall–Kier alpha value is -8.66. The first kappa shape index (κ1) is 36.9. The fourth-order valence-electron chi connectivity index (χ4n) is 10.1. The molecule has 0 saturated heterocycles. The van der Waals surface area contributed by atoms with Gasteiger partial charge in [-0.05, 0) is 116 Å². The first-order valence-electron chi connectivity index (χ1n) is 22.2. The third-order valence-electron chi connectivity index (χ3n) is 13.2. The number of nitrogens with zero attached hydrogens (tertiary/aromatic N) is 2. The maximum absolute atomic E-state index is 6.77. The van der Waals surface area contributed by atoms with Crippen molar-refractivity contribution >= 4 is 82.4 Å². The van der Waals surface area contributed by atoms with E-state index >= 15 is 0 Å². The lowest BCUT2D eigenvalue weighted by molar-refractivity contribution is 0.670. The quantitative estimate of drug-likeness (QED) is 0.149. The van der Waals surface area contributed by atoms with Crippen LogP contribution in [0.15, 0.2) is 247 Å². The highest BCUT2D eigenvalue weighted by Gasteiger charge is 2.21. The number of hydrogen-bond donors (Lipinski definition) is 0. The third kappa shape index (κ3) is 6.12. The van der Waals surface area contributed by atoms with E-state index in [0.717, 1.165) is 55.8 Å². The van der Waals surface area contributed by atoms with E-state index in [1.165, 1.54) is 65.6 Å². The summed E-state index contributed by atoms with van der Waals surface area (Å²) >= 11 is 0. The summed E-state index contributed by atoms with van der Waals surface area (Å²) in [5.74, 6) is 0. The Morgan fingerprint density at radius 2 is 0.862 bits per heavy atom. The molecular formula is C62H40N2O. The Bertz CT molecular complexity index is 3860. The van der Waals surface area contributed by atoms with Gasteiger partial charge in [-0.3, -0.25) is 0 Å². The zero-order valence-electron chi connectivity index (χ0n) is 35.4. The van der Waals surface area contributed by atoms with Crippen molar-refractivity contribution in [1.29, 1.82) is 0 Å². The lowest BCUT2D eigenvalue weighted by atomic mass is 9.94. The average Bonchev–Trinajstić information content (AvgIpc) is 3.93. The van der Waals surface area contributed by atoms with Gasteiger partial charge in [-0.2, -0.15) is 0 Å². The summed E-state index contributed by atoms with van der Waals surface area (Å²) in [6.07, 6.45) is 0. The van der Waals surface area contributed by atoms with E-state index in [4.69, 9.17) is 4.42 Å². The van der Waals surface area contributed by atoms with Gasteiger partial charge in [-0.1, -0.05) is 176 Å². The predicted molar refractivity (Wildman–Crippen MR) is 274 cm³/mol. The lowest BCUT2D eigenvalue weighted by Gasteiger charge is -2.27. The predicted octanol–water partition coefficient (Wildman–Crippen LogP) is 17.5. The largest absolute Gasteiger partial charge is 0.455 e. The molecule has 3 heteroatoms. The molecule has 0 aliphatic rings. The van der Waals surface area contributed by atoms with Crippen molar-refractivity contribution in [3.8, 4) is 39.1 Å². The van der Waals surface area contributed by atoms with Gasteiger partial charge in [0.15, 0.2) is 0 Å². The average molecular weight is 829 g/mol. The third-order valence-corrected chi connectivity index (χ3v) is 13.2. The van der Waals surface area contributed by atoms with Crippen LogP contribution in [0.25, 0.3) is 104 Å². The molecule has 2 aromatic heterocycles. The van der Waals surface area contributed by atoms with Gasteiger partial charge in [0.2, 0.25) is 0 Å². The molecular weight excluding hydrogens is 789 g/mol. The molecule has 0 bridgehead atoms. The molecule has 0 spiro atoms. The van der Waals surface area contributed by atoms with Gasteiger partial charge < -0.3 is 13.9 Å². The standard InChI is InChI=1S/C62H40N2O/c1-2-13-41(14-3-1)42-25-32-46(33-26-42)63(47-34-27-44(28-35-47)51-20-12-21-52-50-16-5-4-15-43(50)31-38-53(51)52)49-39-57(62-58(40-49)56-19-8-11-24-61(56)65-62)45-29-36-48(37-30-45)64-59-22-9-6-17-54(59)55-18-7-10-23-60(55)64/h1-40H. The van der Waals surface area contributed by atoms with Crippen LogP contribution in [0.4, 0.5) is 17.1 Å². The topological polar surface area (TPSA) is 21.3 Å². The fraction of sp³-hybridized carbons (Fsp3) is 0. The summed E-state index contributed by atoms with van der Waals surface area (Å²) in [6.45, 7) is 0. The van der Waals surface area contributed by atoms with Crippen molar-refractivity contribution < 1.29 is 4.42 Å². The number of benzene rings is 11. The monoisotopic (exact) mass is 828 g/mol. The molecule has 0 radical (unpaired) electrons. The van der Waals surface area contributed by atoms with Gasteiger partial charge in [-0.25, -0.2) is 0 Å². The van der Waals surface area contributed by atoms with Crippen molar-refractivity contribution in [1.82, 2.24) is 4.57 Å². The Morgan fingerprint density at radius 3 is 1.58 bits per heavy atom. The van der Waals surface area contributed by atoms with Crippen LogP contribution >= 0.6 is 0 Å². The highest BCUT2D eigenvalue weighted by molar-refractivity contribution is 6.14. The van der Waals surface area contributed by atoms with Gasteiger partial charge in [0.1, 0.15) is 11.2 Å². The van der Waals surface area contributed by atoms with E-state index in [9.17, 15) is 0 Å². The van der Waals surface area contributed by atoms with Crippen LogP contribution in [-0.4, -0.2) is 4.57 Å². The first-order chi connectivity index (χ1) is 32.2. The van der Waals surface area contributed by atoms with Crippen LogP contribution < -0.4 is 4.90 Å². The van der Waals surface area contributed by atoms with E-state index in [1.807, 2.05) is 6.07 Å². The minimum Gasteiger partial charge on any atom is -0.455 e. The van der Waals surface area contributed by atoms with Crippen LogP contribution in [0.3, 0.4) is 0 Å². The van der Waals surface area contributed by atoms with Crippen molar-refractivity contribution in [3.63, 3.8) is 0 Å². The van der Waals surface area contributed by atoms with Crippen LogP contribution in [0.1, 0.15) is 0 Å². The molecule has 11 aromatic carbocycles. The van der Waals surface area contributed by atoms with Crippen molar-refractivity contribution in [2.24, 2.45) is 0 Å². The van der Waals surface area contributed by atoms with Crippen molar-refractivity contribution in [2.45, 2.75) is 0 Å². The maximum Gasteiger partial charge on any atom is 0.143 e. The number of hydrogen-bond acceptors (Lipinski definition) is 2. The summed E-state index contributed by atoms with van der Waals surface area (Å²) in [5, 5.41) is 9.70. The Balaban J connectivity index is 0.977. The molecule has 304 valence electrons. The second-order valence-electron chi connectivity index (χ2n) is 16.9. The van der Waals surface area contributed by atoms with E-state index in [1.54, 1.807) is 0 Å². The van der Waals surface area contributed by atoms with Gasteiger partial charge in [0, 0.05) is 49.9 Å². The molecule has 3 nitrogen and oxygen atoms in total. The number of anilines is 3. The Labute approximate surface area is 376 Å². The number of para-hydroxylation sites is 3. The first-order valence-corrected chi connectivity index (χ1v) is 22.2. The Kier molecular flexibility index (Phi) is 8.53. The highest BCUT2D eigenvalue weighted by Crippen LogP contribution is 2.45. The van der Waals surface area contributed by atoms with Crippen molar-refractivity contribution in [2.75, 3.05) is 4.90 Å². The molecule has 0 unspecified atom stereocenters. The van der Waals surface area contributed by atoms with E-state index in [-0.39, 0.29) is 0 Å². The zero-order chi connectivity index (χ0) is 42.8. The fourth-order valence-corrected chi connectivity index (χ4v) is 10.1. The van der Waals surface area contributed by atoms with Crippen LogP contribution in [-0.2, 0) is 0 Å². The summed E-state index contributed by atoms with van der Waals surface area (Å²) in [6, 6.07) is 87.7. The SMILES string of the molecule is c1ccc(-c2ccc(N(c3ccc(-c4cccc5c4ccc4ccccc45)cc3)c3cc(-c4ccc(-n5c6ccccc6c6ccccc65)cc4)c4oc5ccccc5c4c3)cc2)cc1. The Morgan fingerprint density at radius 1 is 0.308 bits per heavy atom. The molecule has 0 fully saturated rings. The second kappa shape index (κ2) is 15.0. The summed E-state index contributed by atoms with van der Waals surface area (Å²) in [5.41, 5.74) is 15.3. The molecule has 0 amide bonds. The lowest BCUT2D eigenvalue weighted by Crippen LogP contribution is -2.10. The van der Waals surface area contributed by atoms with E-state index in [2.05, 4.69) is 246 Å². The minimum atomic E-state index is 0.869. The van der Waals surface area contributed by atoms with E-state index < -0.39 is 0 Å². The molecule has 13 rings (SSSR count). The molecule has 0 aliphatic carbocycles. The van der Waals surface area contributed by atoms with Crippen LogP contribution in [0.5, 0.6) is 0 Å². The van der Waals surface area contributed by atoms with Gasteiger partial charge in [-0.15, -0.1) is 0 Å². The number of furan rings is 1. The van der Waals surface area contributed by atoms with Crippen LogP contribution in [0.2, 0.25) is 0 Å². The number of aromatic nitrogens is 1. The van der Waals surface area contributed by atoms with Gasteiger partial charge in [0.25, 0.3) is 0 Å².